The van der Waals surface area contributed by atoms with Crippen molar-refractivity contribution in [2.75, 3.05) is 12.8 Å². The fraction of sp³-hybridized carbons (Fsp3) is 0.409. The summed E-state index contributed by atoms with van der Waals surface area (Å²) in [7, 11) is -3.40. The Morgan fingerprint density at radius 1 is 1.38 bits per heavy atom. The summed E-state index contributed by atoms with van der Waals surface area (Å²) in [5.41, 5.74) is 2.92. The molecular weight excluding hydrogens is 388 g/mol. The van der Waals surface area contributed by atoms with Gasteiger partial charge in [-0.1, -0.05) is 55.7 Å². The molecule has 1 aliphatic heterocycles. The maximum atomic E-state index is 12.6. The monoisotopic (exact) mass is 418 g/mol. The predicted molar refractivity (Wildman–Crippen MR) is 117 cm³/mol. The predicted octanol–water partition coefficient (Wildman–Crippen LogP) is 3.52. The van der Waals surface area contributed by atoms with Gasteiger partial charge in [0.05, 0.1) is 18.4 Å². The number of hydrogen-bond donors (Lipinski definition) is 1. The van der Waals surface area contributed by atoms with Gasteiger partial charge in [-0.2, -0.15) is 0 Å². The largest absolute Gasteiger partial charge is 0.447 e. The van der Waals surface area contributed by atoms with Crippen LogP contribution in [0.3, 0.4) is 0 Å². The fourth-order valence-electron chi connectivity index (χ4n) is 3.54. The number of nitrogens with one attached hydrogen (secondary N) is 1. The van der Waals surface area contributed by atoms with E-state index in [1.165, 1.54) is 0 Å². The zero-order chi connectivity index (χ0) is 21.6. The molecule has 7 heteroatoms. The number of ether oxygens (including phenoxy) is 1. The van der Waals surface area contributed by atoms with Crippen LogP contribution in [0.1, 0.15) is 31.4 Å². The lowest BCUT2D eigenvalue weighted by Gasteiger charge is -2.28. The summed E-state index contributed by atoms with van der Waals surface area (Å²) < 4.78 is 31.7. The number of carbonyl (C=O) groups excluding carboxylic acids is 1. The summed E-state index contributed by atoms with van der Waals surface area (Å²) in [6.07, 6.45) is 6.86. The Morgan fingerprint density at radius 2 is 2.10 bits per heavy atom. The van der Waals surface area contributed by atoms with Gasteiger partial charge in [0.25, 0.3) is 0 Å². The first-order valence-corrected chi connectivity index (χ1v) is 11.5. The smallest absolute Gasteiger partial charge is 0.410 e. The lowest BCUT2D eigenvalue weighted by atomic mass is 9.97. The van der Waals surface area contributed by atoms with Crippen molar-refractivity contribution in [1.29, 1.82) is 0 Å². The maximum absolute atomic E-state index is 12.6. The normalized spacial score (nSPS) is 20.0. The third kappa shape index (κ3) is 6.58. The van der Waals surface area contributed by atoms with E-state index in [0.717, 1.165) is 23.0 Å². The van der Waals surface area contributed by atoms with Crippen LogP contribution < -0.4 is 4.72 Å². The number of benzene rings is 1. The number of likely N-dealkylation sites (tertiary alicyclic amines) is 1. The van der Waals surface area contributed by atoms with Crippen LogP contribution in [0.2, 0.25) is 0 Å². The quantitative estimate of drug-likeness (QED) is 0.656. The Kier molecular flexibility index (Phi) is 7.81. The van der Waals surface area contributed by atoms with Crippen LogP contribution in [-0.2, 0) is 21.2 Å². The van der Waals surface area contributed by atoms with Crippen LogP contribution in [0, 0.1) is 0 Å². The van der Waals surface area contributed by atoms with Gasteiger partial charge in [0, 0.05) is 12.6 Å². The second-order valence-corrected chi connectivity index (χ2v) is 9.22. The number of sulfonamides is 1. The van der Waals surface area contributed by atoms with Gasteiger partial charge in [-0.25, -0.2) is 17.9 Å². The Hall–Kier alpha value is -2.38. The second-order valence-electron chi connectivity index (χ2n) is 7.44. The SMILES string of the molecule is C=C/C=C(\C=C)c1cccc(CC2C(NS(C)(=O)=O)CCN2C(=O)OC(C)C)c1. The summed E-state index contributed by atoms with van der Waals surface area (Å²) >= 11 is 0. The number of amides is 1. The first kappa shape index (κ1) is 22.9. The molecule has 2 rings (SSSR count). The van der Waals surface area contributed by atoms with Crippen LogP contribution in [0.25, 0.3) is 5.57 Å². The molecule has 1 aromatic rings. The van der Waals surface area contributed by atoms with Crippen molar-refractivity contribution >= 4 is 21.7 Å². The average molecular weight is 419 g/mol. The van der Waals surface area contributed by atoms with Crippen molar-refractivity contribution in [2.45, 2.75) is 44.9 Å². The molecule has 0 radical (unpaired) electrons. The Labute approximate surface area is 174 Å². The molecule has 1 N–H and O–H groups in total. The summed E-state index contributed by atoms with van der Waals surface area (Å²) in [6, 6.07) is 7.22. The molecule has 158 valence electrons. The average Bonchev–Trinajstić information content (AvgIpc) is 3.00. The van der Waals surface area contributed by atoms with Crippen molar-refractivity contribution in [2.24, 2.45) is 0 Å². The minimum atomic E-state index is -3.40. The Bertz CT molecular complexity index is 890. The van der Waals surface area contributed by atoms with Gasteiger partial charge in [-0.05, 0) is 43.4 Å². The van der Waals surface area contributed by atoms with Gasteiger partial charge < -0.3 is 9.64 Å². The molecule has 0 spiro atoms. The number of nitrogens with zero attached hydrogens (tertiary/aromatic N) is 1. The summed E-state index contributed by atoms with van der Waals surface area (Å²) in [6.45, 7) is 11.6. The highest BCUT2D eigenvalue weighted by atomic mass is 32.2. The van der Waals surface area contributed by atoms with Gasteiger partial charge in [0.15, 0.2) is 0 Å². The van der Waals surface area contributed by atoms with Crippen LogP contribution in [0.15, 0.2) is 55.7 Å². The molecule has 0 bridgehead atoms. The van der Waals surface area contributed by atoms with Crippen molar-refractivity contribution in [3.63, 3.8) is 0 Å². The Morgan fingerprint density at radius 3 is 2.69 bits per heavy atom. The molecule has 2 unspecified atom stereocenters. The first-order chi connectivity index (χ1) is 13.6. The summed E-state index contributed by atoms with van der Waals surface area (Å²) in [4.78, 5) is 14.2. The van der Waals surface area contributed by atoms with Crippen molar-refractivity contribution in [3.05, 3.63) is 66.8 Å². The zero-order valence-corrected chi connectivity index (χ0v) is 18.1. The molecule has 1 fully saturated rings. The lowest BCUT2D eigenvalue weighted by molar-refractivity contribution is 0.0719. The minimum absolute atomic E-state index is 0.243. The van der Waals surface area contributed by atoms with Gasteiger partial charge in [0.1, 0.15) is 0 Å². The van der Waals surface area contributed by atoms with E-state index in [0.29, 0.717) is 19.4 Å². The van der Waals surface area contributed by atoms with Crippen LogP contribution in [0.5, 0.6) is 0 Å². The van der Waals surface area contributed by atoms with Crippen LogP contribution in [0.4, 0.5) is 4.79 Å². The van der Waals surface area contributed by atoms with Crippen molar-refractivity contribution < 1.29 is 17.9 Å². The zero-order valence-electron chi connectivity index (χ0n) is 17.3. The molecule has 1 aromatic carbocycles. The van der Waals surface area contributed by atoms with E-state index < -0.39 is 16.1 Å². The molecule has 2 atom stereocenters. The summed E-state index contributed by atoms with van der Waals surface area (Å²) in [5.74, 6) is 0. The van der Waals surface area contributed by atoms with E-state index in [4.69, 9.17) is 4.74 Å². The molecule has 1 aliphatic rings. The topological polar surface area (TPSA) is 75.7 Å². The highest BCUT2D eigenvalue weighted by molar-refractivity contribution is 7.88. The van der Waals surface area contributed by atoms with Crippen molar-refractivity contribution in [1.82, 2.24) is 9.62 Å². The van der Waals surface area contributed by atoms with Crippen molar-refractivity contribution in [3.8, 4) is 0 Å². The molecule has 1 saturated heterocycles. The standard InChI is InChI=1S/C22H30N2O4S/c1-6-9-18(7-2)19-11-8-10-17(14-19)15-21-20(23-29(5,26)27)12-13-24(21)22(25)28-16(3)4/h6-11,14,16,20-21,23H,1-2,12-13,15H2,3-5H3/b18-9+. The second kappa shape index (κ2) is 9.89. The molecular formula is C22H30N2O4S. The lowest BCUT2D eigenvalue weighted by Crippen LogP contribution is -2.48. The third-order valence-electron chi connectivity index (χ3n) is 4.70. The number of hydrogen-bond acceptors (Lipinski definition) is 4. The number of allylic oxidation sites excluding steroid dienone is 4. The molecule has 0 saturated carbocycles. The van der Waals surface area contributed by atoms with E-state index in [2.05, 4.69) is 17.9 Å². The van der Waals surface area contributed by atoms with Gasteiger partial charge in [-0.15, -0.1) is 0 Å². The molecule has 0 aromatic heterocycles. The van der Waals surface area contributed by atoms with E-state index in [1.54, 1.807) is 30.9 Å². The van der Waals surface area contributed by atoms with Gasteiger partial charge in [0.2, 0.25) is 10.0 Å². The number of rotatable bonds is 8. The van der Waals surface area contributed by atoms with E-state index in [9.17, 15) is 13.2 Å². The fourth-order valence-corrected chi connectivity index (χ4v) is 4.37. The number of carbonyl (C=O) groups is 1. The molecule has 0 aliphatic carbocycles. The molecule has 1 amide bonds. The van der Waals surface area contributed by atoms with E-state index >= 15 is 0 Å². The molecule has 29 heavy (non-hydrogen) atoms. The molecule has 1 heterocycles. The van der Waals surface area contributed by atoms with Crippen LogP contribution in [-0.4, -0.2) is 50.4 Å². The highest BCUT2D eigenvalue weighted by Gasteiger charge is 2.39. The van der Waals surface area contributed by atoms with Crippen LogP contribution >= 0.6 is 0 Å². The van der Waals surface area contributed by atoms with E-state index in [-0.39, 0.29) is 18.2 Å². The Balaban J connectivity index is 2.32. The van der Waals surface area contributed by atoms with Gasteiger partial charge >= 0.3 is 6.09 Å². The first-order valence-electron chi connectivity index (χ1n) is 9.63. The highest BCUT2D eigenvalue weighted by Crippen LogP contribution is 2.25. The van der Waals surface area contributed by atoms with E-state index in [1.807, 2.05) is 30.3 Å². The maximum Gasteiger partial charge on any atom is 0.410 e. The summed E-state index contributed by atoms with van der Waals surface area (Å²) in [5, 5.41) is 0. The van der Waals surface area contributed by atoms with Gasteiger partial charge in [-0.3, -0.25) is 0 Å². The minimum Gasteiger partial charge on any atom is -0.447 e. The third-order valence-corrected chi connectivity index (χ3v) is 5.44. The molecule has 6 nitrogen and oxygen atoms in total.